The molecule has 3 aromatic rings. The molecule has 0 radical (unpaired) electrons. The molecule has 0 atom stereocenters. The number of H-pyrrole nitrogens is 1. The zero-order valence-electron chi connectivity index (χ0n) is 9.96. The van der Waals surface area contributed by atoms with Crippen LogP contribution in [-0.2, 0) is 6.42 Å². The normalized spacial score (nSPS) is 10.9. The van der Waals surface area contributed by atoms with Crippen LogP contribution in [0.4, 0.5) is 5.13 Å². The maximum atomic E-state index is 5.72. The van der Waals surface area contributed by atoms with E-state index in [1.165, 1.54) is 9.38 Å². The van der Waals surface area contributed by atoms with Gasteiger partial charge in [0.2, 0.25) is 4.77 Å². The summed E-state index contributed by atoms with van der Waals surface area (Å²) in [5.41, 5.74) is 1.01. The third kappa shape index (κ3) is 2.45. The lowest BCUT2D eigenvalue weighted by molar-refractivity contribution is 0.823. The lowest BCUT2D eigenvalue weighted by atomic mass is 10.3. The molecule has 0 aliphatic carbocycles. The summed E-state index contributed by atoms with van der Waals surface area (Å²) in [6.45, 7) is 0.705. The smallest absolute Gasteiger partial charge is 0.214 e. The van der Waals surface area contributed by atoms with Gasteiger partial charge in [0.05, 0.1) is 10.2 Å². The summed E-state index contributed by atoms with van der Waals surface area (Å²) in [4.78, 5) is 4.49. The van der Waals surface area contributed by atoms with Gasteiger partial charge in [-0.25, -0.2) is 9.66 Å². The van der Waals surface area contributed by atoms with Crippen LogP contribution in [0.3, 0.4) is 0 Å². The first-order valence-corrected chi connectivity index (χ1v) is 6.97. The first-order valence-electron chi connectivity index (χ1n) is 5.75. The molecule has 0 aliphatic rings. The first-order chi connectivity index (χ1) is 9.24. The van der Waals surface area contributed by atoms with Gasteiger partial charge in [-0.15, -0.1) is 0 Å². The van der Waals surface area contributed by atoms with Crippen molar-refractivity contribution in [1.29, 1.82) is 0 Å². The lowest BCUT2D eigenvalue weighted by Gasteiger charge is -2.01. The van der Waals surface area contributed by atoms with Crippen LogP contribution in [0.5, 0.6) is 0 Å². The zero-order chi connectivity index (χ0) is 13.2. The van der Waals surface area contributed by atoms with Gasteiger partial charge in [0, 0.05) is 13.0 Å². The largest absolute Gasteiger partial charge is 0.361 e. The van der Waals surface area contributed by atoms with E-state index in [1.807, 2.05) is 18.2 Å². The fraction of sp³-hybridized carbons (Fsp3) is 0.182. The highest BCUT2D eigenvalue weighted by atomic mass is 32.1. The topological polar surface area (TPSA) is 84.5 Å². The van der Waals surface area contributed by atoms with Crippen LogP contribution >= 0.6 is 23.6 Å². The number of nitrogen functional groups attached to an aromatic ring is 1. The Morgan fingerprint density at radius 1 is 1.42 bits per heavy atom. The van der Waals surface area contributed by atoms with E-state index in [0.717, 1.165) is 16.5 Å². The van der Waals surface area contributed by atoms with Crippen LogP contribution < -0.4 is 11.2 Å². The summed E-state index contributed by atoms with van der Waals surface area (Å²) in [7, 11) is 0. The molecule has 98 valence electrons. The van der Waals surface area contributed by atoms with Crippen LogP contribution in [0, 0.1) is 4.77 Å². The summed E-state index contributed by atoms with van der Waals surface area (Å²) < 4.78 is 2.98. The minimum atomic E-state index is 0.426. The zero-order valence-corrected chi connectivity index (χ0v) is 11.6. The number of aromatic amines is 1. The molecule has 19 heavy (non-hydrogen) atoms. The van der Waals surface area contributed by atoms with E-state index in [-0.39, 0.29) is 0 Å². The highest BCUT2D eigenvalue weighted by Crippen LogP contribution is 2.25. The molecule has 6 nitrogen and oxygen atoms in total. The second kappa shape index (κ2) is 4.98. The molecule has 2 heterocycles. The molecule has 0 spiro atoms. The molecular formula is C11H12N6S2. The summed E-state index contributed by atoms with van der Waals surface area (Å²) >= 11 is 6.58. The number of anilines is 1. The number of fused-ring (bicyclic) bond motifs is 1. The van der Waals surface area contributed by atoms with Gasteiger partial charge in [0.15, 0.2) is 11.0 Å². The van der Waals surface area contributed by atoms with Crippen LogP contribution in [-0.4, -0.2) is 26.4 Å². The molecule has 2 aromatic heterocycles. The van der Waals surface area contributed by atoms with Gasteiger partial charge < -0.3 is 11.2 Å². The Bertz CT molecular complexity index is 723. The van der Waals surface area contributed by atoms with E-state index in [1.54, 1.807) is 11.3 Å². The number of aromatic nitrogens is 4. The Kier molecular flexibility index (Phi) is 3.18. The molecule has 0 fully saturated rings. The van der Waals surface area contributed by atoms with E-state index >= 15 is 0 Å². The number of rotatable bonds is 4. The molecule has 1 aromatic carbocycles. The molecule has 0 unspecified atom stereocenters. The number of hydrogen-bond donors (Lipinski definition) is 3. The second-order valence-electron chi connectivity index (χ2n) is 3.98. The van der Waals surface area contributed by atoms with Crippen molar-refractivity contribution in [3.63, 3.8) is 0 Å². The molecule has 0 saturated heterocycles. The summed E-state index contributed by atoms with van der Waals surface area (Å²) in [5, 5.41) is 10.9. The summed E-state index contributed by atoms with van der Waals surface area (Å²) in [6, 6.07) is 8.06. The van der Waals surface area contributed by atoms with E-state index < -0.39 is 0 Å². The standard InChI is InChI=1S/C11H12N6S2/c12-17-9(15-16-11(17)18)5-6-13-10-14-7-3-1-2-4-8(7)19-10/h1-4H,5-6,12H2,(H,13,14)(H,16,18). The molecule has 0 amide bonds. The third-order valence-corrected chi connectivity index (χ3v) is 3.98. The molecule has 8 heteroatoms. The molecule has 3 rings (SSSR count). The average Bonchev–Trinajstić information content (AvgIpc) is 2.96. The van der Waals surface area contributed by atoms with E-state index in [0.29, 0.717) is 17.7 Å². The maximum absolute atomic E-state index is 5.72. The third-order valence-electron chi connectivity index (χ3n) is 2.70. The van der Waals surface area contributed by atoms with E-state index in [9.17, 15) is 0 Å². The average molecular weight is 292 g/mol. The highest BCUT2D eigenvalue weighted by Gasteiger charge is 2.05. The molecular weight excluding hydrogens is 280 g/mol. The SMILES string of the molecule is Nn1c(CCNc2nc3ccccc3s2)n[nH]c1=S. The fourth-order valence-electron chi connectivity index (χ4n) is 1.74. The van der Waals surface area contributed by atoms with Crippen molar-refractivity contribution in [2.24, 2.45) is 0 Å². The quantitative estimate of drug-likeness (QED) is 0.505. The number of para-hydroxylation sites is 1. The van der Waals surface area contributed by atoms with Crippen molar-refractivity contribution < 1.29 is 0 Å². The van der Waals surface area contributed by atoms with Gasteiger partial charge in [-0.05, 0) is 24.4 Å². The van der Waals surface area contributed by atoms with Crippen molar-refractivity contribution in [3.05, 3.63) is 34.9 Å². The van der Waals surface area contributed by atoms with Gasteiger partial charge in [-0.3, -0.25) is 5.10 Å². The number of nitrogens with zero attached hydrogens (tertiary/aromatic N) is 3. The van der Waals surface area contributed by atoms with Crippen LogP contribution in [0.25, 0.3) is 10.2 Å². The molecule has 0 aliphatic heterocycles. The molecule has 0 bridgehead atoms. The Morgan fingerprint density at radius 2 is 2.26 bits per heavy atom. The van der Waals surface area contributed by atoms with E-state index in [2.05, 4.69) is 26.6 Å². The predicted octanol–water partition coefficient (Wildman–Crippen LogP) is 1.92. The van der Waals surface area contributed by atoms with Crippen LogP contribution in [0.1, 0.15) is 5.82 Å². The fourth-order valence-corrected chi connectivity index (χ4v) is 2.79. The van der Waals surface area contributed by atoms with Gasteiger partial charge in [0.1, 0.15) is 0 Å². The monoisotopic (exact) mass is 292 g/mol. The lowest BCUT2D eigenvalue weighted by Crippen LogP contribution is -2.16. The van der Waals surface area contributed by atoms with E-state index in [4.69, 9.17) is 18.1 Å². The Labute approximate surface area is 118 Å². The minimum Gasteiger partial charge on any atom is -0.361 e. The van der Waals surface area contributed by atoms with Crippen molar-refractivity contribution in [1.82, 2.24) is 19.9 Å². The number of hydrogen-bond acceptors (Lipinski definition) is 6. The number of nitrogens with one attached hydrogen (secondary N) is 2. The van der Waals surface area contributed by atoms with Crippen molar-refractivity contribution in [2.45, 2.75) is 6.42 Å². The molecule has 4 N–H and O–H groups in total. The van der Waals surface area contributed by atoms with Crippen molar-refractivity contribution >= 4 is 38.9 Å². The minimum absolute atomic E-state index is 0.426. The number of thiazole rings is 1. The number of benzene rings is 1. The Hall–Kier alpha value is -1.93. The Balaban J connectivity index is 1.66. The maximum Gasteiger partial charge on any atom is 0.214 e. The van der Waals surface area contributed by atoms with Crippen LogP contribution in [0.2, 0.25) is 0 Å². The second-order valence-corrected chi connectivity index (χ2v) is 5.40. The summed E-state index contributed by atoms with van der Waals surface area (Å²) in [5.74, 6) is 6.44. The predicted molar refractivity (Wildman–Crippen MR) is 79.4 cm³/mol. The van der Waals surface area contributed by atoms with Gasteiger partial charge in [0.25, 0.3) is 0 Å². The first kappa shape index (κ1) is 12.1. The Morgan fingerprint density at radius 3 is 3.00 bits per heavy atom. The van der Waals surface area contributed by atoms with Crippen LogP contribution in [0.15, 0.2) is 24.3 Å². The van der Waals surface area contributed by atoms with Gasteiger partial charge in [-0.2, -0.15) is 5.10 Å². The van der Waals surface area contributed by atoms with Gasteiger partial charge >= 0.3 is 0 Å². The highest BCUT2D eigenvalue weighted by molar-refractivity contribution is 7.71. The number of nitrogens with two attached hydrogens (primary N) is 1. The van der Waals surface area contributed by atoms with Crippen molar-refractivity contribution in [2.75, 3.05) is 17.7 Å². The molecule has 0 saturated carbocycles. The van der Waals surface area contributed by atoms with Gasteiger partial charge in [-0.1, -0.05) is 23.5 Å². The van der Waals surface area contributed by atoms with Crippen molar-refractivity contribution in [3.8, 4) is 0 Å². The summed E-state index contributed by atoms with van der Waals surface area (Å²) in [6.07, 6.45) is 0.680.